The van der Waals surface area contributed by atoms with Crippen LogP contribution in [0, 0.1) is 13.8 Å². The van der Waals surface area contributed by atoms with Gasteiger partial charge in [-0.2, -0.15) is 0 Å². The second-order valence-electron chi connectivity index (χ2n) is 7.40. The number of hydrogen-bond acceptors (Lipinski definition) is 2. The number of methoxy groups -OCH3 is 1. The number of carbonyl (C=O) groups is 1. The van der Waals surface area contributed by atoms with Gasteiger partial charge in [0.15, 0.2) is 0 Å². The minimum Gasteiger partial charge on any atom is -0.497 e. The van der Waals surface area contributed by atoms with Crippen molar-refractivity contribution in [3.05, 3.63) is 59.2 Å². The van der Waals surface area contributed by atoms with E-state index in [0.717, 1.165) is 35.4 Å². The van der Waals surface area contributed by atoms with E-state index in [0.29, 0.717) is 6.54 Å². The van der Waals surface area contributed by atoms with E-state index >= 15 is 0 Å². The number of urea groups is 1. The molecule has 1 saturated carbocycles. The number of carbonyl (C=O) groups excluding carboxylic acids is 1. The number of rotatable bonds is 5. The molecule has 2 aromatic carbocycles. The van der Waals surface area contributed by atoms with E-state index in [4.69, 9.17) is 4.74 Å². The van der Waals surface area contributed by atoms with Crippen LogP contribution in [0.2, 0.25) is 0 Å². The SMILES string of the molecule is COc1ccc(C2(CNC(=O)Nc3cc(C)cc(C)c3)CCCC2)cc1. The van der Waals surface area contributed by atoms with Crippen LogP contribution in [0.25, 0.3) is 0 Å². The summed E-state index contributed by atoms with van der Waals surface area (Å²) in [6, 6.07) is 14.2. The van der Waals surface area contributed by atoms with Gasteiger partial charge in [0.25, 0.3) is 0 Å². The maximum atomic E-state index is 12.4. The highest BCUT2D eigenvalue weighted by Crippen LogP contribution is 2.41. The lowest BCUT2D eigenvalue weighted by molar-refractivity contribution is 0.248. The van der Waals surface area contributed by atoms with Gasteiger partial charge in [-0.15, -0.1) is 0 Å². The molecule has 1 aliphatic rings. The maximum absolute atomic E-state index is 12.4. The number of hydrogen-bond donors (Lipinski definition) is 2. The Morgan fingerprint density at radius 3 is 2.23 bits per heavy atom. The monoisotopic (exact) mass is 352 g/mol. The minimum atomic E-state index is -0.144. The largest absolute Gasteiger partial charge is 0.497 e. The summed E-state index contributed by atoms with van der Waals surface area (Å²) in [6.07, 6.45) is 4.60. The number of aryl methyl sites for hydroxylation is 2. The van der Waals surface area contributed by atoms with Crippen LogP contribution < -0.4 is 15.4 Å². The smallest absolute Gasteiger partial charge is 0.319 e. The van der Waals surface area contributed by atoms with Crippen LogP contribution in [-0.2, 0) is 5.41 Å². The number of ether oxygens (including phenoxy) is 1. The van der Waals surface area contributed by atoms with Gasteiger partial charge in [0, 0.05) is 17.6 Å². The van der Waals surface area contributed by atoms with Crippen LogP contribution in [0.1, 0.15) is 42.4 Å². The molecule has 2 aromatic rings. The fourth-order valence-corrected chi connectivity index (χ4v) is 4.04. The molecule has 0 saturated heterocycles. The lowest BCUT2D eigenvalue weighted by atomic mass is 9.79. The Morgan fingerprint density at radius 1 is 1.04 bits per heavy atom. The molecule has 0 aliphatic heterocycles. The van der Waals surface area contributed by atoms with Crippen molar-refractivity contribution in [2.24, 2.45) is 0 Å². The van der Waals surface area contributed by atoms with E-state index in [1.807, 2.05) is 38.1 Å². The molecule has 2 amide bonds. The van der Waals surface area contributed by atoms with Gasteiger partial charge in [-0.1, -0.05) is 31.0 Å². The second kappa shape index (κ2) is 7.81. The molecule has 2 N–H and O–H groups in total. The lowest BCUT2D eigenvalue weighted by Crippen LogP contribution is -2.40. The van der Waals surface area contributed by atoms with E-state index in [2.05, 4.69) is 28.8 Å². The van der Waals surface area contributed by atoms with Gasteiger partial charge in [0.05, 0.1) is 7.11 Å². The Balaban J connectivity index is 1.67. The summed E-state index contributed by atoms with van der Waals surface area (Å²) in [6.45, 7) is 4.72. The van der Waals surface area contributed by atoms with E-state index < -0.39 is 0 Å². The quantitative estimate of drug-likeness (QED) is 0.800. The van der Waals surface area contributed by atoms with Gasteiger partial charge in [-0.25, -0.2) is 4.79 Å². The van der Waals surface area contributed by atoms with E-state index in [1.165, 1.54) is 18.4 Å². The average Bonchev–Trinajstić information content (AvgIpc) is 3.09. The number of amides is 2. The molecule has 0 spiro atoms. The molecule has 26 heavy (non-hydrogen) atoms. The van der Waals surface area contributed by atoms with Crippen LogP contribution in [0.3, 0.4) is 0 Å². The molecule has 3 rings (SSSR count). The first-order valence-electron chi connectivity index (χ1n) is 9.28. The first kappa shape index (κ1) is 18.3. The highest BCUT2D eigenvalue weighted by Gasteiger charge is 2.35. The Hall–Kier alpha value is -2.49. The summed E-state index contributed by atoms with van der Waals surface area (Å²) < 4.78 is 5.27. The van der Waals surface area contributed by atoms with Gasteiger partial charge in [-0.05, 0) is 67.6 Å². The second-order valence-corrected chi connectivity index (χ2v) is 7.40. The van der Waals surface area contributed by atoms with Crippen molar-refractivity contribution in [1.82, 2.24) is 5.32 Å². The van der Waals surface area contributed by atoms with Crippen molar-refractivity contribution in [3.8, 4) is 5.75 Å². The predicted octanol–water partition coefficient (Wildman–Crippen LogP) is 4.95. The summed E-state index contributed by atoms with van der Waals surface area (Å²) in [5.74, 6) is 0.863. The van der Waals surface area contributed by atoms with Gasteiger partial charge < -0.3 is 15.4 Å². The Morgan fingerprint density at radius 2 is 1.65 bits per heavy atom. The summed E-state index contributed by atoms with van der Waals surface area (Å²) in [4.78, 5) is 12.4. The summed E-state index contributed by atoms with van der Waals surface area (Å²) >= 11 is 0. The maximum Gasteiger partial charge on any atom is 0.319 e. The minimum absolute atomic E-state index is 0.0200. The Kier molecular flexibility index (Phi) is 5.50. The highest BCUT2D eigenvalue weighted by molar-refractivity contribution is 5.89. The summed E-state index contributed by atoms with van der Waals surface area (Å²) in [5.41, 5.74) is 4.43. The first-order valence-corrected chi connectivity index (χ1v) is 9.28. The van der Waals surface area contributed by atoms with Crippen LogP contribution >= 0.6 is 0 Å². The van der Waals surface area contributed by atoms with Gasteiger partial charge in [0.1, 0.15) is 5.75 Å². The van der Waals surface area contributed by atoms with Crippen LogP contribution in [0.4, 0.5) is 10.5 Å². The molecule has 0 bridgehead atoms. The molecule has 1 aliphatic carbocycles. The molecule has 0 heterocycles. The van der Waals surface area contributed by atoms with Crippen LogP contribution in [-0.4, -0.2) is 19.7 Å². The molecule has 4 heteroatoms. The topological polar surface area (TPSA) is 50.4 Å². The van der Waals surface area contributed by atoms with Crippen molar-refractivity contribution in [2.45, 2.75) is 44.9 Å². The molecule has 4 nitrogen and oxygen atoms in total. The Bertz CT molecular complexity index is 742. The highest BCUT2D eigenvalue weighted by atomic mass is 16.5. The molecular weight excluding hydrogens is 324 g/mol. The fourth-order valence-electron chi connectivity index (χ4n) is 4.04. The molecule has 0 atom stereocenters. The van der Waals surface area contributed by atoms with Crippen molar-refractivity contribution in [2.75, 3.05) is 19.0 Å². The number of nitrogens with one attached hydrogen (secondary N) is 2. The number of benzene rings is 2. The van der Waals surface area contributed by atoms with E-state index in [-0.39, 0.29) is 11.4 Å². The van der Waals surface area contributed by atoms with Gasteiger partial charge in [0.2, 0.25) is 0 Å². The predicted molar refractivity (Wildman–Crippen MR) is 106 cm³/mol. The van der Waals surface area contributed by atoms with Gasteiger partial charge in [-0.3, -0.25) is 0 Å². The zero-order valence-electron chi connectivity index (χ0n) is 15.9. The standard InChI is InChI=1S/C22H28N2O2/c1-16-12-17(2)14-19(13-16)24-21(25)23-15-22(10-4-5-11-22)18-6-8-20(26-3)9-7-18/h6-9,12-14H,4-5,10-11,15H2,1-3H3,(H2,23,24,25). The van der Waals surface area contributed by atoms with Crippen molar-refractivity contribution >= 4 is 11.7 Å². The molecule has 0 unspecified atom stereocenters. The molecule has 1 fully saturated rings. The molecular formula is C22H28N2O2. The molecule has 138 valence electrons. The summed E-state index contributed by atoms with van der Waals surface area (Å²) in [5, 5.41) is 6.06. The average molecular weight is 352 g/mol. The summed E-state index contributed by atoms with van der Waals surface area (Å²) in [7, 11) is 1.68. The zero-order valence-corrected chi connectivity index (χ0v) is 15.9. The van der Waals surface area contributed by atoms with Crippen molar-refractivity contribution in [3.63, 3.8) is 0 Å². The van der Waals surface area contributed by atoms with Crippen LogP contribution in [0.15, 0.2) is 42.5 Å². The molecule has 0 aromatic heterocycles. The van der Waals surface area contributed by atoms with Crippen molar-refractivity contribution in [1.29, 1.82) is 0 Å². The zero-order chi connectivity index (χ0) is 18.6. The number of anilines is 1. The third kappa shape index (κ3) is 4.18. The normalized spacial score (nSPS) is 15.5. The Labute approximate surface area is 156 Å². The van der Waals surface area contributed by atoms with Crippen LogP contribution in [0.5, 0.6) is 5.75 Å². The third-order valence-electron chi connectivity index (χ3n) is 5.33. The lowest BCUT2D eigenvalue weighted by Gasteiger charge is -2.30. The molecule has 0 radical (unpaired) electrons. The fraction of sp³-hybridized carbons (Fsp3) is 0.409. The van der Waals surface area contributed by atoms with Gasteiger partial charge >= 0.3 is 6.03 Å². The third-order valence-corrected chi connectivity index (χ3v) is 5.33. The first-order chi connectivity index (χ1) is 12.5. The van der Waals surface area contributed by atoms with Crippen molar-refractivity contribution < 1.29 is 9.53 Å². The van der Waals surface area contributed by atoms with E-state index in [9.17, 15) is 4.79 Å². The van der Waals surface area contributed by atoms with E-state index in [1.54, 1.807) is 7.11 Å².